The number of carbonyl (C=O) groups excluding carboxylic acids is 1. The molecule has 0 fully saturated rings. The molecule has 0 aliphatic carbocycles. The first kappa shape index (κ1) is 22.4. The number of aryl methyl sites for hydroxylation is 1. The average molecular weight is 444 g/mol. The Morgan fingerprint density at radius 1 is 0.970 bits per heavy atom. The van der Waals surface area contributed by atoms with Gasteiger partial charge in [0, 0.05) is 18.2 Å². The molecule has 170 valence electrons. The number of imidazole rings is 1. The summed E-state index contributed by atoms with van der Waals surface area (Å²) in [5.74, 6) is 2.34. The maximum Gasteiger partial charge on any atom is 0.251 e. The van der Waals surface area contributed by atoms with Crippen LogP contribution in [0.4, 0.5) is 0 Å². The molecule has 6 nitrogen and oxygen atoms in total. The van der Waals surface area contributed by atoms with Gasteiger partial charge in [0.25, 0.3) is 5.91 Å². The highest BCUT2D eigenvalue weighted by molar-refractivity contribution is 5.94. The summed E-state index contributed by atoms with van der Waals surface area (Å²) < 4.78 is 13.3. The molecule has 1 aromatic heterocycles. The number of unbranched alkanes of at least 4 members (excludes halogenated alkanes) is 1. The Kier molecular flexibility index (Phi) is 7.25. The first-order valence-electron chi connectivity index (χ1n) is 11.2. The molecule has 1 unspecified atom stereocenters. The van der Waals surface area contributed by atoms with Crippen molar-refractivity contribution in [2.24, 2.45) is 0 Å². The van der Waals surface area contributed by atoms with Crippen LogP contribution in [0.25, 0.3) is 11.0 Å². The topological polar surface area (TPSA) is 65.4 Å². The minimum atomic E-state index is -0.224. The van der Waals surface area contributed by atoms with E-state index in [4.69, 9.17) is 14.5 Å². The Morgan fingerprint density at radius 3 is 2.55 bits per heavy atom. The molecule has 0 spiro atoms. The third-order valence-corrected chi connectivity index (χ3v) is 5.54. The summed E-state index contributed by atoms with van der Waals surface area (Å²) in [7, 11) is 1.65. The van der Waals surface area contributed by atoms with Gasteiger partial charge >= 0.3 is 0 Å². The van der Waals surface area contributed by atoms with E-state index in [2.05, 4.69) is 16.0 Å². The quantitative estimate of drug-likeness (QED) is 0.334. The first-order chi connectivity index (χ1) is 16.2. The fourth-order valence-corrected chi connectivity index (χ4v) is 3.85. The van der Waals surface area contributed by atoms with Crippen LogP contribution in [0.15, 0.2) is 78.9 Å². The summed E-state index contributed by atoms with van der Waals surface area (Å²) in [6, 6.07) is 24.7. The second kappa shape index (κ2) is 10.7. The van der Waals surface area contributed by atoms with Gasteiger partial charge in [-0.2, -0.15) is 0 Å². The minimum absolute atomic E-state index is 0.103. The smallest absolute Gasteiger partial charge is 0.251 e. The number of carbonyl (C=O) groups is 1. The van der Waals surface area contributed by atoms with Crippen molar-refractivity contribution in [1.29, 1.82) is 0 Å². The van der Waals surface area contributed by atoms with Crippen molar-refractivity contribution in [3.63, 3.8) is 0 Å². The van der Waals surface area contributed by atoms with Crippen LogP contribution in [0.3, 0.4) is 0 Å². The van der Waals surface area contributed by atoms with E-state index in [0.717, 1.165) is 47.7 Å². The van der Waals surface area contributed by atoms with Gasteiger partial charge in [0.2, 0.25) is 0 Å². The summed E-state index contributed by atoms with van der Waals surface area (Å²) in [5, 5.41) is 3.09. The highest BCUT2D eigenvalue weighted by Crippen LogP contribution is 2.23. The van der Waals surface area contributed by atoms with Crippen molar-refractivity contribution in [1.82, 2.24) is 14.9 Å². The highest BCUT2D eigenvalue weighted by Gasteiger charge is 2.18. The van der Waals surface area contributed by atoms with Crippen LogP contribution in [-0.2, 0) is 6.54 Å². The fourth-order valence-electron chi connectivity index (χ4n) is 3.85. The lowest BCUT2D eigenvalue weighted by molar-refractivity contribution is 0.0937. The molecule has 0 saturated carbocycles. The Morgan fingerprint density at radius 2 is 1.73 bits per heavy atom. The number of hydrogen-bond acceptors (Lipinski definition) is 4. The number of fused-ring (bicyclic) bond motifs is 1. The number of aromatic nitrogens is 2. The molecule has 0 aliphatic heterocycles. The van der Waals surface area contributed by atoms with Gasteiger partial charge in [-0.3, -0.25) is 4.79 Å². The van der Waals surface area contributed by atoms with E-state index in [1.54, 1.807) is 7.11 Å². The standard InChI is InChI=1S/C27H29N3O3/c1-20(28-27(31)21-11-4-3-5-12-21)26-29-24-15-6-7-16-25(24)30(26)17-8-9-18-33-23-14-10-13-22(19-23)32-2/h3-7,10-16,19-20H,8-9,17-18H2,1-2H3,(H,28,31). The Hall–Kier alpha value is -3.80. The number of rotatable bonds is 10. The zero-order chi connectivity index (χ0) is 23.0. The first-order valence-corrected chi connectivity index (χ1v) is 11.2. The molecule has 33 heavy (non-hydrogen) atoms. The van der Waals surface area contributed by atoms with Gasteiger partial charge in [-0.25, -0.2) is 4.98 Å². The zero-order valence-corrected chi connectivity index (χ0v) is 19.0. The number of nitrogens with one attached hydrogen (secondary N) is 1. The molecule has 0 saturated heterocycles. The number of benzene rings is 3. The van der Waals surface area contributed by atoms with E-state index < -0.39 is 0 Å². The molecule has 0 bridgehead atoms. The molecule has 4 aromatic rings. The third-order valence-electron chi connectivity index (χ3n) is 5.54. The van der Waals surface area contributed by atoms with Gasteiger partial charge in [-0.1, -0.05) is 36.4 Å². The second-order valence-corrected chi connectivity index (χ2v) is 7.91. The van der Waals surface area contributed by atoms with Crippen LogP contribution in [0.5, 0.6) is 11.5 Å². The minimum Gasteiger partial charge on any atom is -0.497 e. The van der Waals surface area contributed by atoms with Crippen LogP contribution < -0.4 is 14.8 Å². The molecule has 3 aromatic carbocycles. The second-order valence-electron chi connectivity index (χ2n) is 7.91. The number of amides is 1. The van der Waals surface area contributed by atoms with E-state index in [1.165, 1.54) is 0 Å². The maximum atomic E-state index is 12.7. The third kappa shape index (κ3) is 5.52. The summed E-state index contributed by atoms with van der Waals surface area (Å²) >= 11 is 0. The molecule has 0 radical (unpaired) electrons. The van der Waals surface area contributed by atoms with Crippen LogP contribution in [0.2, 0.25) is 0 Å². The maximum absolute atomic E-state index is 12.7. The van der Waals surface area contributed by atoms with Crippen molar-refractivity contribution < 1.29 is 14.3 Å². The SMILES string of the molecule is COc1cccc(OCCCCn2c(C(C)NC(=O)c3ccccc3)nc3ccccc32)c1. The van der Waals surface area contributed by atoms with Gasteiger partial charge < -0.3 is 19.4 Å². The van der Waals surface area contributed by atoms with Crippen LogP contribution in [0, 0.1) is 0 Å². The summed E-state index contributed by atoms with van der Waals surface area (Å²) in [4.78, 5) is 17.5. The van der Waals surface area contributed by atoms with Crippen molar-refractivity contribution >= 4 is 16.9 Å². The summed E-state index contributed by atoms with van der Waals surface area (Å²) in [6.45, 7) is 3.39. The number of para-hydroxylation sites is 2. The van der Waals surface area contributed by atoms with Crippen molar-refractivity contribution in [3.8, 4) is 11.5 Å². The van der Waals surface area contributed by atoms with E-state index in [1.807, 2.05) is 79.7 Å². The monoisotopic (exact) mass is 443 g/mol. The summed E-state index contributed by atoms with van der Waals surface area (Å²) in [6.07, 6.45) is 1.82. The van der Waals surface area contributed by atoms with Gasteiger partial charge in [0.1, 0.15) is 17.3 Å². The van der Waals surface area contributed by atoms with Crippen LogP contribution in [0.1, 0.15) is 42.0 Å². The number of hydrogen-bond donors (Lipinski definition) is 1. The normalized spacial score (nSPS) is 11.8. The van der Waals surface area contributed by atoms with Crippen molar-refractivity contribution in [2.45, 2.75) is 32.4 Å². The lowest BCUT2D eigenvalue weighted by atomic mass is 10.2. The molecule has 1 atom stereocenters. The van der Waals surface area contributed by atoms with Crippen molar-refractivity contribution in [3.05, 3.63) is 90.3 Å². The predicted molar refractivity (Wildman–Crippen MR) is 130 cm³/mol. The molecule has 1 N–H and O–H groups in total. The molecular weight excluding hydrogens is 414 g/mol. The predicted octanol–water partition coefficient (Wildman–Crippen LogP) is 5.40. The Bertz CT molecular complexity index is 1200. The average Bonchev–Trinajstić information content (AvgIpc) is 3.23. The van der Waals surface area contributed by atoms with E-state index in [-0.39, 0.29) is 11.9 Å². The molecule has 1 heterocycles. The van der Waals surface area contributed by atoms with Crippen LogP contribution >= 0.6 is 0 Å². The molecular formula is C27H29N3O3. The molecule has 0 aliphatic rings. The van der Waals surface area contributed by atoms with Crippen LogP contribution in [-0.4, -0.2) is 29.2 Å². The molecule has 1 amide bonds. The molecule has 4 rings (SSSR count). The van der Waals surface area contributed by atoms with Gasteiger partial charge in [-0.15, -0.1) is 0 Å². The van der Waals surface area contributed by atoms with E-state index in [9.17, 15) is 4.79 Å². The molecule has 6 heteroatoms. The number of ether oxygens (including phenoxy) is 2. The highest BCUT2D eigenvalue weighted by atomic mass is 16.5. The largest absolute Gasteiger partial charge is 0.497 e. The lowest BCUT2D eigenvalue weighted by Crippen LogP contribution is -2.28. The number of nitrogens with zero attached hydrogens (tertiary/aromatic N) is 2. The Balaban J connectivity index is 1.41. The number of methoxy groups -OCH3 is 1. The Labute approximate surface area is 194 Å². The van der Waals surface area contributed by atoms with E-state index >= 15 is 0 Å². The van der Waals surface area contributed by atoms with Gasteiger partial charge in [0.05, 0.1) is 30.8 Å². The van der Waals surface area contributed by atoms with Gasteiger partial charge in [-0.05, 0) is 56.2 Å². The summed E-state index contributed by atoms with van der Waals surface area (Å²) in [5.41, 5.74) is 2.64. The lowest BCUT2D eigenvalue weighted by Gasteiger charge is -2.16. The fraction of sp³-hybridized carbons (Fsp3) is 0.259. The van der Waals surface area contributed by atoms with Crippen molar-refractivity contribution in [2.75, 3.05) is 13.7 Å². The van der Waals surface area contributed by atoms with E-state index in [0.29, 0.717) is 12.2 Å². The van der Waals surface area contributed by atoms with Gasteiger partial charge in [0.15, 0.2) is 0 Å². The zero-order valence-electron chi connectivity index (χ0n) is 19.0.